The number of halogens is 2. The van der Waals surface area contributed by atoms with Crippen molar-refractivity contribution >= 4 is 40.0 Å². The van der Waals surface area contributed by atoms with E-state index in [0.717, 1.165) is 0 Å². The summed E-state index contributed by atoms with van der Waals surface area (Å²) in [6.07, 6.45) is -0.920. The first-order chi connectivity index (χ1) is 21.3. The molecule has 0 bridgehead atoms. The van der Waals surface area contributed by atoms with Gasteiger partial charge >= 0.3 is 0 Å². The summed E-state index contributed by atoms with van der Waals surface area (Å²) in [7, 11) is -0.0187. The lowest BCUT2D eigenvalue weighted by atomic mass is 10.1. The van der Waals surface area contributed by atoms with Crippen molar-refractivity contribution < 1.29 is 31.8 Å². The quantitative estimate of drug-likeness (QED) is 0.142. The fraction of sp³-hybridized carbons (Fsp3) is 0.367. The summed E-state index contributed by atoms with van der Waals surface area (Å²) >= 11 is 3.36. The number of anilines is 1. The molecule has 4 aromatic rings. The van der Waals surface area contributed by atoms with Gasteiger partial charge in [0.15, 0.2) is 5.82 Å². The Morgan fingerprint density at radius 1 is 0.956 bits per heavy atom. The lowest BCUT2D eigenvalue weighted by molar-refractivity contribution is 0.121. The van der Waals surface area contributed by atoms with Gasteiger partial charge in [0.1, 0.15) is 28.7 Å². The number of sulfonamides is 1. The zero-order valence-electron chi connectivity index (χ0n) is 26.2. The van der Waals surface area contributed by atoms with Crippen molar-refractivity contribution in [3.05, 3.63) is 70.5 Å². The van der Waals surface area contributed by atoms with Crippen molar-refractivity contribution in [3.8, 4) is 34.6 Å². The third kappa shape index (κ3) is 7.83. The molecule has 0 N–H and O–H groups in total. The topological polar surface area (TPSA) is 118 Å². The summed E-state index contributed by atoms with van der Waals surface area (Å²) in [5, 5.41) is 8.92. The highest BCUT2D eigenvalue weighted by atomic mass is 79.9. The maximum atomic E-state index is 14.5. The maximum Gasteiger partial charge on any atom is 0.246 e. The zero-order valence-corrected chi connectivity index (χ0v) is 29.6. The van der Waals surface area contributed by atoms with E-state index in [1.807, 2.05) is 0 Å². The fourth-order valence-electron chi connectivity index (χ4n) is 4.64. The number of para-hydroxylation sites is 1. The number of pyridine rings is 1. The summed E-state index contributed by atoms with van der Waals surface area (Å²) in [4.78, 5) is 4.55. The Morgan fingerprint density at radius 2 is 1.62 bits per heavy atom. The van der Waals surface area contributed by atoms with E-state index in [4.69, 9.17) is 18.9 Å². The van der Waals surface area contributed by atoms with Gasteiger partial charge in [-0.25, -0.2) is 22.1 Å². The van der Waals surface area contributed by atoms with Crippen LogP contribution in [0.4, 0.5) is 10.3 Å². The number of methoxy groups -OCH3 is 4. The van der Waals surface area contributed by atoms with Crippen LogP contribution in [0, 0.1) is 5.82 Å². The Bertz CT molecular complexity index is 1730. The van der Waals surface area contributed by atoms with Crippen LogP contribution >= 0.6 is 15.9 Å². The molecule has 45 heavy (non-hydrogen) atoms. The van der Waals surface area contributed by atoms with E-state index in [2.05, 4.69) is 50.8 Å². The molecule has 4 rings (SSSR count). The van der Waals surface area contributed by atoms with Crippen LogP contribution in [0.5, 0.6) is 17.4 Å². The average molecular weight is 723 g/mol. The lowest BCUT2D eigenvalue weighted by Gasteiger charge is -2.29. The molecular formula is C30H37BrFN5O6SSi. The van der Waals surface area contributed by atoms with Crippen LogP contribution in [0.3, 0.4) is 0 Å². The van der Waals surface area contributed by atoms with E-state index in [9.17, 15) is 12.8 Å². The molecule has 0 saturated heterocycles. The minimum absolute atomic E-state index is 0.0173. The van der Waals surface area contributed by atoms with Gasteiger partial charge in [-0.15, -0.1) is 10.2 Å². The zero-order chi connectivity index (χ0) is 32.9. The van der Waals surface area contributed by atoms with Crippen LogP contribution in [0.2, 0.25) is 25.7 Å². The third-order valence-corrected chi connectivity index (χ3v) is 11.2. The number of rotatable bonds is 14. The Kier molecular flexibility index (Phi) is 10.9. The summed E-state index contributed by atoms with van der Waals surface area (Å²) < 4.78 is 68.6. The summed E-state index contributed by atoms with van der Waals surface area (Å²) in [6.45, 7) is 6.60. The molecule has 0 aliphatic heterocycles. The van der Waals surface area contributed by atoms with E-state index in [0.29, 0.717) is 44.8 Å². The van der Waals surface area contributed by atoms with Crippen molar-refractivity contribution in [3.63, 3.8) is 0 Å². The molecular weight excluding hydrogens is 685 g/mol. The molecule has 0 radical (unpaired) electrons. The van der Waals surface area contributed by atoms with Crippen molar-refractivity contribution in [1.29, 1.82) is 0 Å². The Balaban J connectivity index is 1.98. The second kappa shape index (κ2) is 14.3. The number of benzene rings is 2. The van der Waals surface area contributed by atoms with E-state index >= 15 is 0 Å². The van der Waals surface area contributed by atoms with Crippen molar-refractivity contribution in [2.24, 2.45) is 0 Å². The van der Waals surface area contributed by atoms with Gasteiger partial charge in [0, 0.05) is 32.3 Å². The average Bonchev–Trinajstić information content (AvgIpc) is 3.43. The second-order valence-corrected chi connectivity index (χ2v) is 19.7. The van der Waals surface area contributed by atoms with Gasteiger partial charge in [0.25, 0.3) is 0 Å². The van der Waals surface area contributed by atoms with Crippen LogP contribution in [0.25, 0.3) is 17.2 Å². The van der Waals surface area contributed by atoms with E-state index in [-0.39, 0.29) is 18.3 Å². The predicted molar refractivity (Wildman–Crippen MR) is 177 cm³/mol. The van der Waals surface area contributed by atoms with Gasteiger partial charge in [-0.2, -0.15) is 0 Å². The van der Waals surface area contributed by atoms with Gasteiger partial charge in [-0.1, -0.05) is 53.8 Å². The van der Waals surface area contributed by atoms with Gasteiger partial charge in [0.2, 0.25) is 21.9 Å². The SMILES string of the molecule is COc1cccc(-c2nnc(N(CC[Si](C)(C)C)S(=O)(=O)C[C@H](OC)c3ccc(F)cc3Br)n2-c2c(OC)cccc2OC)n1. The molecule has 0 aliphatic carbocycles. The molecule has 2 aromatic carbocycles. The van der Waals surface area contributed by atoms with Gasteiger partial charge in [-0.3, -0.25) is 4.57 Å². The molecule has 242 valence electrons. The fourth-order valence-corrected chi connectivity index (χ4v) is 7.92. The number of aromatic nitrogens is 4. The summed E-state index contributed by atoms with van der Waals surface area (Å²) in [5.41, 5.74) is 1.26. The summed E-state index contributed by atoms with van der Waals surface area (Å²) in [5.74, 6) is 0.471. The van der Waals surface area contributed by atoms with E-state index in [1.54, 1.807) is 41.0 Å². The Morgan fingerprint density at radius 3 is 2.20 bits per heavy atom. The highest BCUT2D eigenvalue weighted by Gasteiger charge is 2.35. The van der Waals surface area contributed by atoms with Crippen LogP contribution in [0.15, 0.2) is 59.1 Å². The van der Waals surface area contributed by atoms with Crippen LogP contribution in [-0.4, -0.2) is 77.0 Å². The molecule has 2 heterocycles. The standard InChI is InChI=1S/C30H37BrFN5O6SSi/c1-40-24-11-9-12-25(41-2)28(24)37-29(23-10-8-13-27(33-23)43-4)34-35-30(37)36(16-17-45(5,6)7)44(38,39)19-26(42-3)21-15-14-20(32)18-22(21)31/h8-15,18,26H,16-17,19H2,1-7H3/t26-/m0/s1. The third-order valence-electron chi connectivity index (χ3n) is 7.01. The van der Waals surface area contributed by atoms with Crippen molar-refractivity contribution in [2.45, 2.75) is 31.8 Å². The number of hydrogen-bond donors (Lipinski definition) is 0. The van der Waals surface area contributed by atoms with Gasteiger partial charge in [-0.05, 0) is 41.9 Å². The van der Waals surface area contributed by atoms with Gasteiger partial charge < -0.3 is 18.9 Å². The molecule has 0 amide bonds. The minimum Gasteiger partial charge on any atom is -0.494 e. The monoisotopic (exact) mass is 721 g/mol. The highest BCUT2D eigenvalue weighted by molar-refractivity contribution is 9.10. The molecule has 0 aliphatic rings. The highest BCUT2D eigenvalue weighted by Crippen LogP contribution is 2.39. The maximum absolute atomic E-state index is 14.5. The van der Waals surface area contributed by atoms with Gasteiger partial charge in [0.05, 0.1) is 33.2 Å². The van der Waals surface area contributed by atoms with Crippen LogP contribution < -0.4 is 18.5 Å². The molecule has 0 fully saturated rings. The molecule has 0 unspecified atom stereocenters. The number of hydrogen-bond acceptors (Lipinski definition) is 9. The molecule has 15 heteroatoms. The first-order valence-corrected chi connectivity index (χ1v) is 20.1. The second-order valence-electron chi connectivity index (χ2n) is 11.3. The van der Waals surface area contributed by atoms with E-state index < -0.39 is 35.8 Å². The number of ether oxygens (including phenoxy) is 4. The first kappa shape index (κ1) is 34.3. The summed E-state index contributed by atoms with van der Waals surface area (Å²) in [6, 6.07) is 15.1. The molecule has 2 aromatic heterocycles. The largest absolute Gasteiger partial charge is 0.494 e. The van der Waals surface area contributed by atoms with E-state index in [1.165, 1.54) is 50.9 Å². The van der Waals surface area contributed by atoms with Crippen LogP contribution in [-0.2, 0) is 14.8 Å². The molecule has 0 saturated carbocycles. The normalized spacial score (nSPS) is 12.6. The number of nitrogens with zero attached hydrogens (tertiary/aromatic N) is 5. The first-order valence-electron chi connectivity index (χ1n) is 14.0. The molecule has 11 nitrogen and oxygen atoms in total. The minimum atomic E-state index is -4.17. The lowest BCUT2D eigenvalue weighted by Crippen LogP contribution is -2.40. The Hall–Kier alpha value is -3.53. The van der Waals surface area contributed by atoms with Crippen molar-refractivity contribution in [1.82, 2.24) is 19.7 Å². The smallest absolute Gasteiger partial charge is 0.246 e. The molecule has 0 spiro atoms. The molecule has 1 atom stereocenters. The Labute approximate surface area is 272 Å². The predicted octanol–water partition coefficient (Wildman–Crippen LogP) is 6.12. The van der Waals surface area contributed by atoms with Crippen molar-refractivity contribution in [2.75, 3.05) is 45.0 Å². The van der Waals surface area contributed by atoms with Crippen LogP contribution in [0.1, 0.15) is 11.7 Å².